The van der Waals surface area contributed by atoms with Crippen molar-refractivity contribution in [2.24, 2.45) is 5.73 Å². The molecule has 0 amide bonds. The predicted molar refractivity (Wildman–Crippen MR) is 72.2 cm³/mol. The van der Waals surface area contributed by atoms with Gasteiger partial charge in [0.05, 0.1) is 12.0 Å². The van der Waals surface area contributed by atoms with Gasteiger partial charge in [-0.05, 0) is 43.4 Å². The number of fused-ring (bicyclic) bond motifs is 1. The van der Waals surface area contributed by atoms with Crippen LogP contribution in [-0.2, 0) is 19.4 Å². The molecule has 0 bridgehead atoms. The molecule has 0 fully saturated rings. The first-order chi connectivity index (χ1) is 9.24. The molecule has 1 heterocycles. The fourth-order valence-corrected chi connectivity index (χ4v) is 2.72. The average molecular weight is 259 g/mol. The van der Waals surface area contributed by atoms with E-state index >= 15 is 0 Å². The first-order valence-corrected chi connectivity index (χ1v) is 6.78. The van der Waals surface area contributed by atoms with Crippen LogP contribution in [0.5, 0.6) is 0 Å². The van der Waals surface area contributed by atoms with E-state index in [1.165, 1.54) is 36.4 Å². The number of nitrogens with zero attached hydrogens (tertiary/aromatic N) is 2. The molecule has 1 aliphatic rings. The number of benzene rings is 1. The third kappa shape index (κ3) is 2.54. The lowest BCUT2D eigenvalue weighted by Gasteiger charge is -2.17. The van der Waals surface area contributed by atoms with E-state index in [1.54, 1.807) is 12.1 Å². The Morgan fingerprint density at radius 3 is 2.74 bits per heavy atom. The van der Waals surface area contributed by atoms with E-state index in [9.17, 15) is 4.39 Å². The molecule has 1 aromatic heterocycles. The monoisotopic (exact) mass is 259 g/mol. The average Bonchev–Trinajstić information content (AvgIpc) is 2.83. The lowest BCUT2D eigenvalue weighted by Crippen LogP contribution is -2.19. The third-order valence-corrected chi connectivity index (χ3v) is 3.80. The van der Waals surface area contributed by atoms with Crippen LogP contribution in [0.2, 0.25) is 0 Å². The van der Waals surface area contributed by atoms with E-state index in [0.29, 0.717) is 6.54 Å². The van der Waals surface area contributed by atoms with Crippen LogP contribution >= 0.6 is 0 Å². The van der Waals surface area contributed by atoms with Crippen molar-refractivity contribution < 1.29 is 4.39 Å². The van der Waals surface area contributed by atoms with Crippen molar-refractivity contribution in [2.75, 3.05) is 0 Å². The van der Waals surface area contributed by atoms with Crippen molar-refractivity contribution in [3.63, 3.8) is 0 Å². The van der Waals surface area contributed by atoms with Gasteiger partial charge in [-0.1, -0.05) is 12.1 Å². The molecule has 2 aromatic rings. The Bertz CT molecular complexity index is 559. The first kappa shape index (κ1) is 12.4. The maximum absolute atomic E-state index is 12.9. The second-order valence-corrected chi connectivity index (χ2v) is 5.16. The zero-order chi connectivity index (χ0) is 13.2. The Balaban J connectivity index is 1.77. The van der Waals surface area contributed by atoms with Gasteiger partial charge in [-0.3, -0.25) is 0 Å². The van der Waals surface area contributed by atoms with Crippen LogP contribution in [-0.4, -0.2) is 9.55 Å². The highest BCUT2D eigenvalue weighted by atomic mass is 19.1. The summed E-state index contributed by atoms with van der Waals surface area (Å²) in [6.07, 6.45) is 6.51. The van der Waals surface area contributed by atoms with Crippen LogP contribution in [0, 0.1) is 5.82 Å². The molecule has 1 aliphatic carbocycles. The predicted octanol–water partition coefficient (Wildman–Crippen LogP) is 2.60. The molecule has 2 N–H and O–H groups in total. The van der Waals surface area contributed by atoms with Gasteiger partial charge in [0.15, 0.2) is 0 Å². The van der Waals surface area contributed by atoms with E-state index in [1.807, 2.05) is 6.33 Å². The van der Waals surface area contributed by atoms with Crippen LogP contribution in [0.3, 0.4) is 0 Å². The van der Waals surface area contributed by atoms with E-state index in [2.05, 4.69) is 9.55 Å². The van der Waals surface area contributed by atoms with Gasteiger partial charge >= 0.3 is 0 Å². The minimum absolute atomic E-state index is 0.124. The molecule has 1 atom stereocenters. The van der Waals surface area contributed by atoms with Crippen molar-refractivity contribution in [1.29, 1.82) is 0 Å². The van der Waals surface area contributed by atoms with Crippen LogP contribution < -0.4 is 5.73 Å². The van der Waals surface area contributed by atoms with Crippen LogP contribution in [0.15, 0.2) is 30.6 Å². The van der Waals surface area contributed by atoms with Gasteiger partial charge in [-0.15, -0.1) is 0 Å². The zero-order valence-electron chi connectivity index (χ0n) is 10.8. The van der Waals surface area contributed by atoms with E-state index < -0.39 is 0 Å². The molecule has 100 valence electrons. The number of halogens is 1. The minimum atomic E-state index is -0.226. The fourth-order valence-electron chi connectivity index (χ4n) is 2.72. The lowest BCUT2D eigenvalue weighted by atomic mass is 10.0. The van der Waals surface area contributed by atoms with Crippen molar-refractivity contribution >= 4 is 0 Å². The van der Waals surface area contributed by atoms with Gasteiger partial charge < -0.3 is 10.3 Å². The van der Waals surface area contributed by atoms with Gasteiger partial charge in [0.25, 0.3) is 0 Å². The van der Waals surface area contributed by atoms with Crippen LogP contribution in [0.25, 0.3) is 0 Å². The number of rotatable bonds is 3. The summed E-state index contributed by atoms with van der Waals surface area (Å²) in [5, 5.41) is 0. The Hall–Kier alpha value is -1.68. The van der Waals surface area contributed by atoms with Crippen LogP contribution in [0.1, 0.15) is 35.8 Å². The second kappa shape index (κ2) is 5.13. The quantitative estimate of drug-likeness (QED) is 0.920. The molecule has 0 aliphatic heterocycles. The summed E-state index contributed by atoms with van der Waals surface area (Å²) in [6, 6.07) is 6.30. The number of hydrogen-bond acceptors (Lipinski definition) is 2. The van der Waals surface area contributed by atoms with Crippen LogP contribution in [0.4, 0.5) is 4.39 Å². The second-order valence-electron chi connectivity index (χ2n) is 5.16. The summed E-state index contributed by atoms with van der Waals surface area (Å²) in [7, 11) is 0. The van der Waals surface area contributed by atoms with Crippen molar-refractivity contribution in [2.45, 2.75) is 38.3 Å². The Labute approximate surface area is 112 Å². The van der Waals surface area contributed by atoms with Gasteiger partial charge in [-0.25, -0.2) is 9.37 Å². The third-order valence-electron chi connectivity index (χ3n) is 3.80. The molecular formula is C15H18FN3. The summed E-state index contributed by atoms with van der Waals surface area (Å²) < 4.78 is 15.1. The van der Waals surface area contributed by atoms with Crippen molar-refractivity contribution in [3.05, 3.63) is 53.4 Å². The number of hydrogen-bond donors (Lipinski definition) is 1. The number of imidazole rings is 1. The maximum Gasteiger partial charge on any atom is 0.123 e. The molecule has 0 radical (unpaired) electrons. The van der Waals surface area contributed by atoms with E-state index in [-0.39, 0.29) is 11.9 Å². The van der Waals surface area contributed by atoms with E-state index in [4.69, 9.17) is 5.73 Å². The Morgan fingerprint density at radius 1 is 1.21 bits per heavy atom. The van der Waals surface area contributed by atoms with Gasteiger partial charge in [0, 0.05) is 18.3 Å². The molecule has 3 nitrogen and oxygen atoms in total. The largest absolute Gasteiger partial charge is 0.332 e. The van der Waals surface area contributed by atoms with Gasteiger partial charge in [0.1, 0.15) is 5.82 Å². The van der Waals surface area contributed by atoms with Crippen molar-refractivity contribution in [3.8, 4) is 0 Å². The molecular weight excluding hydrogens is 241 g/mol. The molecule has 1 unspecified atom stereocenters. The van der Waals surface area contributed by atoms with Crippen molar-refractivity contribution in [1.82, 2.24) is 9.55 Å². The topological polar surface area (TPSA) is 43.8 Å². The lowest BCUT2D eigenvalue weighted by molar-refractivity contribution is 0.540. The molecule has 4 heteroatoms. The number of aromatic nitrogens is 2. The minimum Gasteiger partial charge on any atom is -0.332 e. The summed E-state index contributed by atoms with van der Waals surface area (Å²) in [4.78, 5) is 4.46. The summed E-state index contributed by atoms with van der Waals surface area (Å²) in [6.45, 7) is 0.702. The molecule has 19 heavy (non-hydrogen) atoms. The standard InChI is InChI=1S/C15H18FN3/c16-12-7-5-11(6-8-12)13(17)9-19-10-18-14-3-1-2-4-15(14)19/h5-8,10,13H,1-4,9,17H2. The highest BCUT2D eigenvalue weighted by molar-refractivity contribution is 5.21. The maximum atomic E-state index is 12.9. The summed E-state index contributed by atoms with van der Waals surface area (Å²) in [5.74, 6) is -0.226. The first-order valence-electron chi connectivity index (χ1n) is 6.78. The Kier molecular flexibility index (Phi) is 3.34. The van der Waals surface area contributed by atoms with E-state index in [0.717, 1.165) is 18.4 Å². The fraction of sp³-hybridized carbons (Fsp3) is 0.400. The van der Waals surface area contributed by atoms with Gasteiger partial charge in [0.2, 0.25) is 0 Å². The van der Waals surface area contributed by atoms with Gasteiger partial charge in [-0.2, -0.15) is 0 Å². The summed E-state index contributed by atoms with van der Waals surface area (Å²) >= 11 is 0. The smallest absolute Gasteiger partial charge is 0.123 e. The molecule has 0 saturated heterocycles. The number of aryl methyl sites for hydroxylation is 1. The normalized spacial score (nSPS) is 16.1. The molecule has 0 saturated carbocycles. The highest BCUT2D eigenvalue weighted by Crippen LogP contribution is 2.22. The molecule has 0 spiro atoms. The SMILES string of the molecule is NC(Cn1cnc2c1CCCC2)c1ccc(F)cc1. The molecule has 3 rings (SSSR count). The summed E-state index contributed by atoms with van der Waals surface area (Å²) in [5.41, 5.74) is 9.70. The highest BCUT2D eigenvalue weighted by Gasteiger charge is 2.17. The zero-order valence-corrected chi connectivity index (χ0v) is 10.8. The number of nitrogens with two attached hydrogens (primary N) is 1. The molecule has 1 aromatic carbocycles. The Morgan fingerprint density at radius 2 is 1.95 bits per heavy atom.